The molecular formula is C22H43NO4. The van der Waals surface area contributed by atoms with Crippen LogP contribution in [0.5, 0.6) is 0 Å². The smallest absolute Gasteiger partial charge is 0.0621 e. The van der Waals surface area contributed by atoms with Gasteiger partial charge >= 0.3 is 0 Å². The lowest BCUT2D eigenvalue weighted by atomic mass is 9.60. The Bertz CT molecular complexity index is 373. The molecule has 0 atom stereocenters. The maximum Gasteiger partial charge on any atom is 0.0621 e. The quantitative estimate of drug-likeness (QED) is 0.252. The van der Waals surface area contributed by atoms with E-state index in [1.165, 1.54) is 19.3 Å². The van der Waals surface area contributed by atoms with E-state index in [1.807, 2.05) is 0 Å². The lowest BCUT2D eigenvalue weighted by molar-refractivity contribution is -0.124. The highest BCUT2D eigenvalue weighted by Gasteiger charge is 2.49. The van der Waals surface area contributed by atoms with Crippen LogP contribution in [-0.2, 0) is 0 Å². The fourth-order valence-electron chi connectivity index (χ4n) is 4.06. The Morgan fingerprint density at radius 1 is 0.593 bits per heavy atom. The predicted octanol–water partition coefficient (Wildman–Crippen LogP) is 3.93. The van der Waals surface area contributed by atoms with Crippen LogP contribution >= 0.6 is 0 Å². The summed E-state index contributed by atoms with van der Waals surface area (Å²) in [6.45, 7) is 1.26. The van der Waals surface area contributed by atoms with E-state index in [9.17, 15) is 20.4 Å². The van der Waals surface area contributed by atoms with E-state index in [0.717, 1.165) is 51.4 Å². The third-order valence-electron chi connectivity index (χ3n) is 6.29. The Kier molecular flexibility index (Phi) is 15.9. The highest BCUT2D eigenvalue weighted by Crippen LogP contribution is 2.46. The standard InChI is InChI=1S/C22H43NO4/c1-2-3-11-14-21(17-24,18-25)22(19-26,20-27)15-12-9-7-5-4-6-8-10-13-16-23/h24-27H,2-15,17-20H2,1H3. The van der Waals surface area contributed by atoms with Gasteiger partial charge in [-0.25, -0.2) is 0 Å². The van der Waals surface area contributed by atoms with Crippen molar-refractivity contribution in [3.05, 3.63) is 0 Å². The summed E-state index contributed by atoms with van der Waals surface area (Å²) in [7, 11) is 0. The molecule has 0 aliphatic carbocycles. The molecule has 5 heteroatoms. The van der Waals surface area contributed by atoms with Crippen molar-refractivity contribution in [2.24, 2.45) is 10.8 Å². The van der Waals surface area contributed by atoms with Crippen LogP contribution in [0.25, 0.3) is 0 Å². The largest absolute Gasteiger partial charge is 0.396 e. The van der Waals surface area contributed by atoms with Crippen molar-refractivity contribution in [1.29, 1.82) is 5.26 Å². The van der Waals surface area contributed by atoms with Gasteiger partial charge in [0.25, 0.3) is 0 Å². The number of aliphatic hydroxyl groups is 4. The number of nitrogens with zero attached hydrogens (tertiary/aromatic N) is 1. The van der Waals surface area contributed by atoms with Crippen molar-refractivity contribution >= 4 is 0 Å². The summed E-state index contributed by atoms with van der Waals surface area (Å²) in [5.74, 6) is 0. The highest BCUT2D eigenvalue weighted by molar-refractivity contribution is 4.97. The van der Waals surface area contributed by atoms with Crippen LogP contribution in [0.4, 0.5) is 0 Å². The first-order valence-electron chi connectivity index (χ1n) is 10.9. The SMILES string of the molecule is CCCCCC(CO)(CO)C(CO)(CO)CCCCCCCCCCC#N. The van der Waals surface area contributed by atoms with Crippen LogP contribution in [0.15, 0.2) is 0 Å². The second-order valence-electron chi connectivity index (χ2n) is 8.14. The van der Waals surface area contributed by atoms with Gasteiger partial charge in [0.05, 0.1) is 32.5 Å². The van der Waals surface area contributed by atoms with Crippen molar-refractivity contribution in [2.45, 2.75) is 96.8 Å². The lowest BCUT2D eigenvalue weighted by Crippen LogP contribution is -2.52. The zero-order valence-electron chi connectivity index (χ0n) is 17.5. The van der Waals surface area contributed by atoms with Crippen LogP contribution in [0.2, 0.25) is 0 Å². The minimum Gasteiger partial charge on any atom is -0.396 e. The zero-order chi connectivity index (χ0) is 20.4. The summed E-state index contributed by atoms with van der Waals surface area (Å²) < 4.78 is 0. The van der Waals surface area contributed by atoms with Gasteiger partial charge in [-0.1, -0.05) is 71.1 Å². The van der Waals surface area contributed by atoms with Crippen molar-refractivity contribution < 1.29 is 20.4 Å². The van der Waals surface area contributed by atoms with Gasteiger partial charge in [0, 0.05) is 17.3 Å². The molecule has 0 bridgehead atoms. The number of nitriles is 1. The van der Waals surface area contributed by atoms with E-state index in [2.05, 4.69) is 13.0 Å². The maximum absolute atomic E-state index is 10.1. The first-order chi connectivity index (χ1) is 13.1. The van der Waals surface area contributed by atoms with E-state index in [0.29, 0.717) is 19.3 Å². The molecule has 0 aromatic heterocycles. The Morgan fingerprint density at radius 3 is 1.33 bits per heavy atom. The number of unbranched alkanes of at least 4 members (excludes halogenated alkanes) is 10. The number of aliphatic hydroxyl groups excluding tert-OH is 4. The third-order valence-corrected chi connectivity index (χ3v) is 6.29. The van der Waals surface area contributed by atoms with Gasteiger partial charge in [-0.2, -0.15) is 5.26 Å². The Hall–Kier alpha value is -0.670. The Balaban J connectivity index is 4.43. The summed E-state index contributed by atoms with van der Waals surface area (Å²) in [6, 6.07) is 2.17. The number of hydrogen-bond donors (Lipinski definition) is 4. The monoisotopic (exact) mass is 385 g/mol. The number of rotatable bonds is 19. The zero-order valence-corrected chi connectivity index (χ0v) is 17.5. The topological polar surface area (TPSA) is 105 Å². The highest BCUT2D eigenvalue weighted by atomic mass is 16.3. The molecule has 0 saturated carbocycles. The molecule has 0 aliphatic rings. The van der Waals surface area contributed by atoms with Gasteiger partial charge in [0.15, 0.2) is 0 Å². The summed E-state index contributed by atoms with van der Waals surface area (Å²) in [6.07, 6.45) is 13.5. The van der Waals surface area contributed by atoms with E-state index in [1.54, 1.807) is 0 Å². The van der Waals surface area contributed by atoms with Crippen molar-refractivity contribution in [1.82, 2.24) is 0 Å². The van der Waals surface area contributed by atoms with Crippen LogP contribution in [0.3, 0.4) is 0 Å². The fourth-order valence-corrected chi connectivity index (χ4v) is 4.06. The van der Waals surface area contributed by atoms with Crippen LogP contribution < -0.4 is 0 Å². The Morgan fingerprint density at radius 2 is 0.963 bits per heavy atom. The molecule has 0 rings (SSSR count). The van der Waals surface area contributed by atoms with E-state index >= 15 is 0 Å². The second-order valence-corrected chi connectivity index (χ2v) is 8.14. The molecule has 0 aliphatic heterocycles. The average Bonchev–Trinajstić information content (AvgIpc) is 2.70. The molecule has 0 amide bonds. The first kappa shape index (κ1) is 26.3. The lowest BCUT2D eigenvalue weighted by Gasteiger charge is -2.47. The summed E-state index contributed by atoms with van der Waals surface area (Å²) >= 11 is 0. The normalized spacial score (nSPS) is 12.3. The van der Waals surface area contributed by atoms with Gasteiger partial charge in [-0.15, -0.1) is 0 Å². The minimum atomic E-state index is -0.832. The van der Waals surface area contributed by atoms with E-state index in [4.69, 9.17) is 5.26 Å². The molecule has 5 nitrogen and oxygen atoms in total. The molecule has 160 valence electrons. The van der Waals surface area contributed by atoms with Gasteiger partial charge in [0.2, 0.25) is 0 Å². The van der Waals surface area contributed by atoms with E-state index in [-0.39, 0.29) is 26.4 Å². The molecule has 0 saturated heterocycles. The van der Waals surface area contributed by atoms with Crippen molar-refractivity contribution in [3.63, 3.8) is 0 Å². The molecule has 0 aromatic carbocycles. The molecule has 27 heavy (non-hydrogen) atoms. The van der Waals surface area contributed by atoms with E-state index < -0.39 is 10.8 Å². The molecule has 0 fully saturated rings. The predicted molar refractivity (Wildman–Crippen MR) is 109 cm³/mol. The van der Waals surface area contributed by atoms with Crippen LogP contribution in [0.1, 0.15) is 96.8 Å². The van der Waals surface area contributed by atoms with Crippen LogP contribution in [0, 0.1) is 22.2 Å². The second kappa shape index (κ2) is 16.3. The van der Waals surface area contributed by atoms with Gasteiger partial charge in [-0.3, -0.25) is 0 Å². The molecule has 4 N–H and O–H groups in total. The molecular weight excluding hydrogens is 342 g/mol. The minimum absolute atomic E-state index is 0.211. The molecule has 0 heterocycles. The average molecular weight is 386 g/mol. The summed E-state index contributed by atoms with van der Waals surface area (Å²) in [5, 5.41) is 48.7. The van der Waals surface area contributed by atoms with Gasteiger partial charge < -0.3 is 20.4 Å². The molecule has 0 unspecified atom stereocenters. The molecule has 0 radical (unpaired) electrons. The molecule has 0 spiro atoms. The van der Waals surface area contributed by atoms with Gasteiger partial charge in [-0.05, 0) is 19.3 Å². The van der Waals surface area contributed by atoms with Gasteiger partial charge in [0.1, 0.15) is 0 Å². The fraction of sp³-hybridized carbons (Fsp3) is 0.955. The maximum atomic E-state index is 10.1. The number of hydrogen-bond acceptors (Lipinski definition) is 5. The summed E-state index contributed by atoms with van der Waals surface area (Å²) in [4.78, 5) is 0. The van der Waals surface area contributed by atoms with Crippen molar-refractivity contribution in [2.75, 3.05) is 26.4 Å². The Labute approximate surface area is 166 Å². The summed E-state index contributed by atoms with van der Waals surface area (Å²) in [5.41, 5.74) is -1.66. The third kappa shape index (κ3) is 8.91. The first-order valence-corrected chi connectivity index (χ1v) is 10.9. The molecule has 0 aromatic rings. The van der Waals surface area contributed by atoms with Crippen molar-refractivity contribution in [3.8, 4) is 6.07 Å². The van der Waals surface area contributed by atoms with Crippen LogP contribution in [-0.4, -0.2) is 46.9 Å².